The van der Waals surface area contributed by atoms with Gasteiger partial charge in [-0.1, -0.05) is 32.0 Å². The largest absolute Gasteiger partial charge is 0.388 e. The molecule has 0 radical (unpaired) electrons. The van der Waals surface area contributed by atoms with Gasteiger partial charge in [0.05, 0.1) is 11.7 Å². The van der Waals surface area contributed by atoms with E-state index in [4.69, 9.17) is 0 Å². The van der Waals surface area contributed by atoms with Gasteiger partial charge in [0.15, 0.2) is 0 Å². The van der Waals surface area contributed by atoms with Crippen molar-refractivity contribution >= 4 is 5.69 Å². The number of benzene rings is 1. The van der Waals surface area contributed by atoms with Gasteiger partial charge in [-0.3, -0.25) is 0 Å². The zero-order valence-electron chi connectivity index (χ0n) is 11.4. The molecule has 0 fully saturated rings. The summed E-state index contributed by atoms with van der Waals surface area (Å²) in [6, 6.07) is 7.92. The predicted molar refractivity (Wildman–Crippen MR) is 73.7 cm³/mol. The maximum Gasteiger partial charge on any atom is 0.0826 e. The first-order chi connectivity index (χ1) is 8.42. The van der Waals surface area contributed by atoms with Gasteiger partial charge in [-0.05, 0) is 25.3 Å². The van der Waals surface area contributed by atoms with E-state index in [1.54, 1.807) is 0 Å². The highest BCUT2D eigenvalue weighted by molar-refractivity contribution is 5.56. The van der Waals surface area contributed by atoms with Crippen LogP contribution in [0.3, 0.4) is 0 Å². The van der Waals surface area contributed by atoms with Gasteiger partial charge in [-0.2, -0.15) is 0 Å². The summed E-state index contributed by atoms with van der Waals surface area (Å²) in [5, 5.41) is 20.4. The topological polar surface area (TPSA) is 43.7 Å². The van der Waals surface area contributed by atoms with E-state index in [9.17, 15) is 10.2 Å². The Morgan fingerprint density at radius 1 is 1.39 bits per heavy atom. The Morgan fingerprint density at radius 3 is 2.72 bits per heavy atom. The molecular formula is C15H23NO2. The normalized spacial score (nSPS) is 22.8. The zero-order valence-corrected chi connectivity index (χ0v) is 11.4. The lowest BCUT2D eigenvalue weighted by atomic mass is 9.90. The lowest BCUT2D eigenvalue weighted by molar-refractivity contribution is 0.0192. The molecule has 0 saturated heterocycles. The molecule has 0 spiro atoms. The summed E-state index contributed by atoms with van der Waals surface area (Å²) < 4.78 is 0. The van der Waals surface area contributed by atoms with Crippen molar-refractivity contribution in [3.05, 3.63) is 29.8 Å². The number of nitrogens with zero attached hydrogens (tertiary/aromatic N) is 1. The predicted octanol–water partition coefficient (Wildman–Crippen LogP) is 2.34. The minimum atomic E-state index is -0.713. The summed E-state index contributed by atoms with van der Waals surface area (Å²) >= 11 is 0. The maximum atomic E-state index is 10.4. The molecule has 0 aromatic heterocycles. The maximum absolute atomic E-state index is 10.4. The zero-order chi connectivity index (χ0) is 13.3. The number of fused-ring (bicyclic) bond motifs is 1. The highest BCUT2D eigenvalue weighted by atomic mass is 16.3. The van der Waals surface area contributed by atoms with Gasteiger partial charge in [0.1, 0.15) is 0 Å². The molecule has 2 unspecified atom stereocenters. The molecule has 1 aromatic carbocycles. The molecule has 1 aromatic rings. The van der Waals surface area contributed by atoms with Crippen molar-refractivity contribution in [2.45, 2.75) is 38.9 Å². The van der Waals surface area contributed by atoms with E-state index in [1.165, 1.54) is 0 Å². The summed E-state index contributed by atoms with van der Waals surface area (Å²) in [6.07, 6.45) is 0.354. The molecule has 1 aliphatic rings. The average Bonchev–Trinajstić information content (AvgIpc) is 2.33. The molecule has 1 aliphatic heterocycles. The molecule has 2 rings (SSSR count). The number of hydrogen-bond donors (Lipinski definition) is 2. The number of anilines is 1. The minimum Gasteiger partial charge on any atom is -0.388 e. The van der Waals surface area contributed by atoms with E-state index >= 15 is 0 Å². The van der Waals surface area contributed by atoms with Crippen LogP contribution < -0.4 is 4.90 Å². The van der Waals surface area contributed by atoms with Crippen LogP contribution in [0.25, 0.3) is 0 Å². The van der Waals surface area contributed by atoms with Crippen molar-refractivity contribution in [3.8, 4) is 0 Å². The number of para-hydroxylation sites is 1. The van der Waals surface area contributed by atoms with Crippen molar-refractivity contribution in [2.75, 3.05) is 18.0 Å². The summed E-state index contributed by atoms with van der Waals surface area (Å²) in [6.45, 7) is 7.34. The number of hydrogen-bond acceptors (Lipinski definition) is 3. The van der Waals surface area contributed by atoms with Crippen molar-refractivity contribution in [3.63, 3.8) is 0 Å². The van der Waals surface area contributed by atoms with Gasteiger partial charge in [0.25, 0.3) is 0 Å². The van der Waals surface area contributed by atoms with Crippen LogP contribution in [0.2, 0.25) is 0 Å². The third kappa shape index (κ3) is 2.52. The van der Waals surface area contributed by atoms with Crippen LogP contribution in [0.1, 0.15) is 38.9 Å². The quantitative estimate of drug-likeness (QED) is 0.864. The van der Waals surface area contributed by atoms with Crippen LogP contribution in [-0.2, 0) is 0 Å². The van der Waals surface area contributed by atoms with Crippen LogP contribution in [0.5, 0.6) is 0 Å². The Labute approximate surface area is 109 Å². The van der Waals surface area contributed by atoms with Gasteiger partial charge in [-0.15, -0.1) is 0 Å². The Morgan fingerprint density at radius 2 is 2.06 bits per heavy atom. The number of aliphatic hydroxyl groups excluding tert-OH is 1. The highest BCUT2D eigenvalue weighted by Crippen LogP contribution is 2.34. The van der Waals surface area contributed by atoms with Crippen LogP contribution >= 0.6 is 0 Å². The molecule has 2 N–H and O–H groups in total. The summed E-state index contributed by atoms with van der Waals surface area (Å²) in [7, 11) is 0. The Hall–Kier alpha value is -1.06. The summed E-state index contributed by atoms with van der Waals surface area (Å²) in [4.78, 5) is 2.18. The van der Waals surface area contributed by atoms with E-state index in [2.05, 4.69) is 4.90 Å². The van der Waals surface area contributed by atoms with Crippen LogP contribution in [0.15, 0.2) is 24.3 Å². The first kappa shape index (κ1) is 13.4. The molecule has 18 heavy (non-hydrogen) atoms. The van der Waals surface area contributed by atoms with E-state index < -0.39 is 5.60 Å². The molecule has 3 nitrogen and oxygen atoms in total. The van der Waals surface area contributed by atoms with Gasteiger partial charge >= 0.3 is 0 Å². The molecule has 100 valence electrons. The standard InChI is InChI=1S/C15H23NO2/c1-11(2)15(3,18)10-16-9-8-14(17)12-6-4-5-7-13(12)16/h4-7,11,14,17-18H,8-10H2,1-3H3. The Kier molecular flexibility index (Phi) is 3.64. The van der Waals surface area contributed by atoms with Gasteiger partial charge < -0.3 is 15.1 Å². The van der Waals surface area contributed by atoms with Crippen LogP contribution in [-0.4, -0.2) is 28.9 Å². The molecule has 2 atom stereocenters. The van der Waals surface area contributed by atoms with Crippen molar-refractivity contribution < 1.29 is 10.2 Å². The second-order valence-corrected chi connectivity index (χ2v) is 5.80. The summed E-state index contributed by atoms with van der Waals surface area (Å²) in [5.74, 6) is 0.205. The lowest BCUT2D eigenvalue weighted by Gasteiger charge is -2.39. The second kappa shape index (κ2) is 4.90. The monoisotopic (exact) mass is 249 g/mol. The highest BCUT2D eigenvalue weighted by Gasteiger charge is 2.31. The van der Waals surface area contributed by atoms with Crippen molar-refractivity contribution in [1.82, 2.24) is 0 Å². The first-order valence-electron chi connectivity index (χ1n) is 6.66. The minimum absolute atomic E-state index is 0.205. The van der Waals surface area contributed by atoms with Gasteiger partial charge in [-0.25, -0.2) is 0 Å². The molecule has 0 aliphatic carbocycles. The van der Waals surface area contributed by atoms with E-state index in [-0.39, 0.29) is 12.0 Å². The Bertz CT molecular complexity index is 415. The van der Waals surface area contributed by atoms with Crippen LogP contribution in [0, 0.1) is 5.92 Å². The van der Waals surface area contributed by atoms with E-state index in [0.29, 0.717) is 6.54 Å². The fourth-order valence-corrected chi connectivity index (χ4v) is 2.34. The fourth-order valence-electron chi connectivity index (χ4n) is 2.34. The lowest BCUT2D eigenvalue weighted by Crippen LogP contribution is -2.46. The van der Waals surface area contributed by atoms with Gasteiger partial charge in [0.2, 0.25) is 0 Å². The van der Waals surface area contributed by atoms with Crippen molar-refractivity contribution in [1.29, 1.82) is 0 Å². The second-order valence-electron chi connectivity index (χ2n) is 5.80. The van der Waals surface area contributed by atoms with E-state index in [0.717, 1.165) is 24.2 Å². The fraction of sp³-hybridized carbons (Fsp3) is 0.600. The molecule has 0 bridgehead atoms. The van der Waals surface area contributed by atoms with Crippen LogP contribution in [0.4, 0.5) is 5.69 Å². The summed E-state index contributed by atoms with van der Waals surface area (Å²) in [5.41, 5.74) is 1.32. The molecule has 0 saturated carbocycles. The smallest absolute Gasteiger partial charge is 0.0826 e. The molecule has 1 heterocycles. The van der Waals surface area contributed by atoms with Gasteiger partial charge in [0, 0.05) is 24.3 Å². The average molecular weight is 249 g/mol. The molecule has 3 heteroatoms. The molecular weight excluding hydrogens is 226 g/mol. The number of rotatable bonds is 3. The number of β-amino-alcohol motifs (C(OH)–C–C–N with tert-alkyl or cyclic N) is 1. The first-order valence-corrected chi connectivity index (χ1v) is 6.66. The third-order valence-electron chi connectivity index (χ3n) is 4.06. The Balaban J connectivity index is 2.24. The van der Waals surface area contributed by atoms with Crippen molar-refractivity contribution in [2.24, 2.45) is 5.92 Å². The third-order valence-corrected chi connectivity index (χ3v) is 4.06. The molecule has 0 amide bonds. The SMILES string of the molecule is CC(C)C(C)(O)CN1CCC(O)c2ccccc21. The number of aliphatic hydroxyl groups is 2. The van der Waals surface area contributed by atoms with E-state index in [1.807, 2.05) is 45.0 Å².